The Morgan fingerprint density at radius 3 is 2.30 bits per heavy atom. The Labute approximate surface area is 180 Å². The van der Waals surface area contributed by atoms with Gasteiger partial charge in [-0.05, 0) is 63.0 Å². The molecule has 2 nitrogen and oxygen atoms in total. The number of halogens is 2. The average Bonchev–Trinajstić information content (AvgIpc) is 2.75. The molecule has 1 saturated carbocycles. The van der Waals surface area contributed by atoms with Gasteiger partial charge < -0.3 is 9.47 Å². The molecule has 4 heteroatoms. The van der Waals surface area contributed by atoms with Crippen LogP contribution >= 0.6 is 0 Å². The zero-order chi connectivity index (χ0) is 21.3. The van der Waals surface area contributed by atoms with Gasteiger partial charge in [0.15, 0.2) is 6.29 Å². The van der Waals surface area contributed by atoms with Crippen LogP contribution in [-0.4, -0.2) is 13.2 Å². The summed E-state index contributed by atoms with van der Waals surface area (Å²) in [6.07, 6.45) is 11.1. The van der Waals surface area contributed by atoms with Gasteiger partial charge in [0.2, 0.25) is 0 Å². The van der Waals surface area contributed by atoms with Crippen molar-refractivity contribution in [2.45, 2.75) is 71.0 Å². The Hall–Kier alpha value is -1.70. The first-order valence-corrected chi connectivity index (χ1v) is 11.4. The molecule has 0 unspecified atom stereocenters. The summed E-state index contributed by atoms with van der Waals surface area (Å²) in [5.41, 5.74) is 0.229. The molecule has 0 amide bonds. The summed E-state index contributed by atoms with van der Waals surface area (Å²) in [6, 6.07) is 2.60. The second-order valence-electron chi connectivity index (χ2n) is 8.72. The Morgan fingerprint density at radius 2 is 1.70 bits per heavy atom. The zero-order valence-corrected chi connectivity index (χ0v) is 18.1. The van der Waals surface area contributed by atoms with Crippen LogP contribution in [0.1, 0.15) is 82.1 Å². The topological polar surface area (TPSA) is 18.5 Å². The van der Waals surface area contributed by atoms with Crippen LogP contribution in [0.3, 0.4) is 0 Å². The first-order chi connectivity index (χ1) is 14.6. The van der Waals surface area contributed by atoms with E-state index < -0.39 is 17.9 Å². The van der Waals surface area contributed by atoms with E-state index in [0.29, 0.717) is 24.7 Å². The predicted octanol–water partition coefficient (Wildman–Crippen LogP) is 6.94. The number of unbranched alkanes of at least 4 members (excludes halogenated alkanes) is 1. The van der Waals surface area contributed by atoms with Gasteiger partial charge in [-0.3, -0.25) is 0 Å². The van der Waals surface area contributed by atoms with Gasteiger partial charge in [-0.15, -0.1) is 6.58 Å². The third kappa shape index (κ3) is 6.40. The molecule has 1 aromatic rings. The van der Waals surface area contributed by atoms with E-state index in [0.717, 1.165) is 38.0 Å². The number of hydrogen-bond donors (Lipinski definition) is 0. The van der Waals surface area contributed by atoms with E-state index >= 15 is 0 Å². The molecule has 30 heavy (non-hydrogen) atoms. The normalized spacial score (nSPS) is 26.6. The smallest absolute Gasteiger partial charge is 0.184 e. The van der Waals surface area contributed by atoms with Crippen molar-refractivity contribution in [1.29, 1.82) is 0 Å². The summed E-state index contributed by atoms with van der Waals surface area (Å²) in [5, 5.41) is 0. The highest BCUT2D eigenvalue weighted by atomic mass is 19.1. The Balaban J connectivity index is 1.57. The van der Waals surface area contributed by atoms with Gasteiger partial charge in [0.25, 0.3) is 0 Å². The van der Waals surface area contributed by atoms with Crippen molar-refractivity contribution in [2.24, 2.45) is 17.8 Å². The van der Waals surface area contributed by atoms with E-state index in [4.69, 9.17) is 9.47 Å². The summed E-state index contributed by atoms with van der Waals surface area (Å²) in [5.74, 6) is 5.94. The largest absolute Gasteiger partial charge is 0.348 e. The van der Waals surface area contributed by atoms with Gasteiger partial charge in [-0.2, -0.15) is 0 Å². The van der Waals surface area contributed by atoms with Gasteiger partial charge in [0, 0.05) is 17.4 Å². The van der Waals surface area contributed by atoms with Crippen molar-refractivity contribution >= 4 is 0 Å². The summed E-state index contributed by atoms with van der Waals surface area (Å²) < 4.78 is 40.7. The number of rotatable bonds is 7. The molecule has 1 aliphatic heterocycles. The van der Waals surface area contributed by atoms with Gasteiger partial charge >= 0.3 is 0 Å². The van der Waals surface area contributed by atoms with E-state index in [1.165, 1.54) is 37.8 Å². The first kappa shape index (κ1) is 23.0. The van der Waals surface area contributed by atoms with Crippen LogP contribution in [0.2, 0.25) is 0 Å². The molecule has 1 aliphatic carbocycles. The fraction of sp³-hybridized carbons (Fsp3) is 0.615. The monoisotopic (exact) mass is 416 g/mol. The first-order valence-electron chi connectivity index (χ1n) is 11.4. The molecule has 2 fully saturated rings. The second kappa shape index (κ2) is 11.6. The van der Waals surface area contributed by atoms with Gasteiger partial charge in [-0.25, -0.2) is 8.78 Å². The maximum atomic E-state index is 14.6. The molecule has 0 atom stereocenters. The van der Waals surface area contributed by atoms with E-state index in [9.17, 15) is 8.78 Å². The van der Waals surface area contributed by atoms with Crippen LogP contribution in [0.25, 0.3) is 0 Å². The molecule has 0 N–H and O–H groups in total. The number of allylic oxidation sites excluding steroid dienone is 1. The summed E-state index contributed by atoms with van der Waals surface area (Å²) in [7, 11) is 0. The lowest BCUT2D eigenvalue weighted by molar-refractivity contribution is -0.206. The van der Waals surface area contributed by atoms with Gasteiger partial charge in [0.05, 0.1) is 18.8 Å². The third-order valence-corrected chi connectivity index (χ3v) is 6.27. The van der Waals surface area contributed by atoms with Gasteiger partial charge in [0.1, 0.15) is 11.6 Å². The highest BCUT2D eigenvalue weighted by molar-refractivity contribution is 5.40. The standard InChI is InChI=1S/C26H34F2O2/c1-3-5-6-8-21-17-29-26(30-18-21)22-15-24(27)23(25(28)16-22)14-13-20-11-9-19(7-4-2)10-12-20/h3,15-16,19-21,26H,1,4-12,17-18H2,2H3. The van der Waals surface area contributed by atoms with Crippen LogP contribution < -0.4 is 0 Å². The van der Waals surface area contributed by atoms with E-state index in [1.54, 1.807) is 0 Å². The quantitative estimate of drug-likeness (QED) is 0.272. The minimum Gasteiger partial charge on any atom is -0.348 e. The Morgan fingerprint density at radius 1 is 1.03 bits per heavy atom. The molecule has 2 aliphatic rings. The van der Waals surface area contributed by atoms with Crippen molar-refractivity contribution in [3.05, 3.63) is 47.5 Å². The number of ether oxygens (including phenoxy) is 2. The summed E-state index contributed by atoms with van der Waals surface area (Å²) in [6.45, 7) is 7.01. The van der Waals surface area contributed by atoms with Gasteiger partial charge in [-0.1, -0.05) is 37.7 Å². The molecule has 3 rings (SSSR count). The Bertz CT molecular complexity index is 725. The van der Waals surface area contributed by atoms with Crippen LogP contribution in [0, 0.1) is 41.2 Å². The minimum atomic E-state index is -0.722. The van der Waals surface area contributed by atoms with Crippen LogP contribution in [0.4, 0.5) is 8.78 Å². The molecule has 0 spiro atoms. The van der Waals surface area contributed by atoms with E-state index in [1.807, 2.05) is 6.08 Å². The van der Waals surface area contributed by atoms with Crippen LogP contribution in [0.5, 0.6) is 0 Å². The lowest BCUT2D eigenvalue weighted by Crippen LogP contribution is -2.27. The maximum Gasteiger partial charge on any atom is 0.184 e. The van der Waals surface area contributed by atoms with Crippen LogP contribution in [0.15, 0.2) is 24.8 Å². The molecule has 0 aromatic heterocycles. The third-order valence-electron chi connectivity index (χ3n) is 6.27. The van der Waals surface area contributed by atoms with E-state index in [-0.39, 0.29) is 11.5 Å². The molecular weight excluding hydrogens is 382 g/mol. The van der Waals surface area contributed by atoms with Crippen molar-refractivity contribution in [2.75, 3.05) is 13.2 Å². The van der Waals surface area contributed by atoms with Crippen LogP contribution in [-0.2, 0) is 9.47 Å². The molecule has 1 saturated heterocycles. The fourth-order valence-corrected chi connectivity index (χ4v) is 4.48. The molecular formula is C26H34F2O2. The zero-order valence-electron chi connectivity index (χ0n) is 18.1. The number of hydrogen-bond acceptors (Lipinski definition) is 2. The molecule has 1 aromatic carbocycles. The maximum absolute atomic E-state index is 14.6. The van der Waals surface area contributed by atoms with Crippen molar-refractivity contribution in [3.8, 4) is 11.8 Å². The fourth-order valence-electron chi connectivity index (χ4n) is 4.48. The predicted molar refractivity (Wildman–Crippen MR) is 116 cm³/mol. The Kier molecular flexibility index (Phi) is 8.90. The SMILES string of the molecule is C=CCCCC1COC(c2cc(F)c(C#CC3CCC(CCC)CC3)c(F)c2)OC1. The second-order valence-corrected chi connectivity index (χ2v) is 8.72. The van der Waals surface area contributed by atoms with Crippen molar-refractivity contribution < 1.29 is 18.3 Å². The highest BCUT2D eigenvalue weighted by Gasteiger charge is 2.25. The molecule has 1 heterocycles. The molecule has 0 bridgehead atoms. The molecule has 0 radical (unpaired) electrons. The van der Waals surface area contributed by atoms with Crippen molar-refractivity contribution in [1.82, 2.24) is 0 Å². The molecule has 164 valence electrons. The average molecular weight is 417 g/mol. The minimum absolute atomic E-state index is 0.146. The number of benzene rings is 1. The van der Waals surface area contributed by atoms with Crippen molar-refractivity contribution in [3.63, 3.8) is 0 Å². The summed E-state index contributed by atoms with van der Waals surface area (Å²) >= 11 is 0. The summed E-state index contributed by atoms with van der Waals surface area (Å²) in [4.78, 5) is 0. The van der Waals surface area contributed by atoms with E-state index in [2.05, 4.69) is 25.3 Å². The lowest BCUT2D eigenvalue weighted by Gasteiger charge is -2.29. The lowest BCUT2D eigenvalue weighted by atomic mass is 9.80. The highest BCUT2D eigenvalue weighted by Crippen LogP contribution is 2.32.